The molecule has 0 fully saturated rings. The van der Waals surface area contributed by atoms with E-state index in [1.807, 2.05) is 19.9 Å². The normalized spacial score (nSPS) is 11.7. The van der Waals surface area contributed by atoms with Crippen molar-refractivity contribution in [1.82, 2.24) is 14.9 Å². The van der Waals surface area contributed by atoms with Gasteiger partial charge >= 0.3 is 0 Å². The fourth-order valence-corrected chi connectivity index (χ4v) is 1.45. The number of nitrogens with one attached hydrogen (secondary N) is 1. The standard InChI is InChI=1S/C10H12N4OS/c1-7(2)9-12-13-10(16)14(9)11-6-8-4-3-5-15-8/h3-7H,1-2H3,(H,13,16)/b11-6-. The van der Waals surface area contributed by atoms with Crippen LogP contribution in [0.15, 0.2) is 27.9 Å². The fourth-order valence-electron chi connectivity index (χ4n) is 1.27. The predicted molar refractivity (Wildman–Crippen MR) is 63.2 cm³/mol. The van der Waals surface area contributed by atoms with Crippen molar-refractivity contribution in [1.29, 1.82) is 0 Å². The van der Waals surface area contributed by atoms with Gasteiger partial charge in [0.05, 0.1) is 12.5 Å². The van der Waals surface area contributed by atoms with Gasteiger partial charge in [0.1, 0.15) is 5.76 Å². The highest BCUT2D eigenvalue weighted by molar-refractivity contribution is 7.71. The predicted octanol–water partition coefficient (Wildman–Crippen LogP) is 2.54. The average molecular weight is 236 g/mol. The first-order chi connectivity index (χ1) is 7.68. The first-order valence-corrected chi connectivity index (χ1v) is 5.34. The molecule has 2 aromatic heterocycles. The van der Waals surface area contributed by atoms with Crippen molar-refractivity contribution in [3.05, 3.63) is 34.8 Å². The number of H-pyrrole nitrogens is 1. The number of aromatic nitrogens is 3. The van der Waals surface area contributed by atoms with Gasteiger partial charge in [0.25, 0.3) is 0 Å². The number of hydrogen-bond acceptors (Lipinski definition) is 4. The third-order valence-corrected chi connectivity index (χ3v) is 2.30. The second kappa shape index (κ2) is 4.44. The maximum atomic E-state index is 5.14. The highest BCUT2D eigenvalue weighted by atomic mass is 32.1. The zero-order chi connectivity index (χ0) is 11.5. The highest BCUT2D eigenvalue weighted by Crippen LogP contribution is 2.11. The molecule has 0 aliphatic carbocycles. The molecule has 0 saturated heterocycles. The second-order valence-electron chi connectivity index (χ2n) is 3.61. The molecule has 0 unspecified atom stereocenters. The first kappa shape index (κ1) is 10.8. The zero-order valence-electron chi connectivity index (χ0n) is 9.04. The van der Waals surface area contributed by atoms with E-state index in [0.29, 0.717) is 10.5 Å². The Kier molecular flexibility index (Phi) is 3.00. The van der Waals surface area contributed by atoms with E-state index in [1.54, 1.807) is 23.2 Å². The molecule has 0 aliphatic rings. The van der Waals surface area contributed by atoms with Gasteiger partial charge in [0.2, 0.25) is 4.77 Å². The average Bonchev–Trinajstić information content (AvgIpc) is 2.84. The summed E-state index contributed by atoms with van der Waals surface area (Å²) >= 11 is 5.09. The first-order valence-electron chi connectivity index (χ1n) is 4.93. The van der Waals surface area contributed by atoms with Crippen molar-refractivity contribution in [2.24, 2.45) is 5.10 Å². The third kappa shape index (κ3) is 2.11. The highest BCUT2D eigenvalue weighted by Gasteiger charge is 2.08. The van der Waals surface area contributed by atoms with E-state index < -0.39 is 0 Å². The number of rotatable bonds is 3. The lowest BCUT2D eigenvalue weighted by molar-refractivity contribution is 0.559. The number of hydrogen-bond donors (Lipinski definition) is 1. The molecule has 6 heteroatoms. The molecule has 0 spiro atoms. The molecule has 2 heterocycles. The number of aromatic amines is 1. The Balaban J connectivity index is 2.34. The largest absolute Gasteiger partial charge is 0.463 e. The monoisotopic (exact) mass is 236 g/mol. The summed E-state index contributed by atoms with van der Waals surface area (Å²) in [7, 11) is 0. The summed E-state index contributed by atoms with van der Waals surface area (Å²) in [6, 6.07) is 3.63. The molecule has 0 atom stereocenters. The lowest BCUT2D eigenvalue weighted by Gasteiger charge is -2.01. The molecule has 0 aromatic carbocycles. The van der Waals surface area contributed by atoms with Crippen LogP contribution in [-0.2, 0) is 0 Å². The van der Waals surface area contributed by atoms with E-state index >= 15 is 0 Å². The van der Waals surface area contributed by atoms with E-state index in [2.05, 4.69) is 15.3 Å². The molecular weight excluding hydrogens is 224 g/mol. The molecule has 5 nitrogen and oxygen atoms in total. The van der Waals surface area contributed by atoms with Crippen LogP contribution in [0.25, 0.3) is 0 Å². The molecule has 0 saturated carbocycles. The lowest BCUT2D eigenvalue weighted by Crippen LogP contribution is -2.00. The van der Waals surface area contributed by atoms with Gasteiger partial charge in [-0.05, 0) is 24.4 Å². The summed E-state index contributed by atoms with van der Waals surface area (Å²) < 4.78 is 7.22. The lowest BCUT2D eigenvalue weighted by atomic mass is 10.2. The van der Waals surface area contributed by atoms with Gasteiger partial charge in [-0.25, -0.2) is 0 Å². The van der Waals surface area contributed by atoms with E-state index in [4.69, 9.17) is 16.6 Å². The van der Waals surface area contributed by atoms with Gasteiger partial charge in [0.15, 0.2) is 5.82 Å². The van der Waals surface area contributed by atoms with Crippen LogP contribution in [0.4, 0.5) is 0 Å². The van der Waals surface area contributed by atoms with Crippen LogP contribution in [0, 0.1) is 4.77 Å². The Morgan fingerprint density at radius 2 is 2.44 bits per heavy atom. The SMILES string of the molecule is CC(C)c1n[nH]c(=S)n1/N=C\c1ccco1. The van der Waals surface area contributed by atoms with Crippen molar-refractivity contribution in [3.8, 4) is 0 Å². The molecule has 2 aromatic rings. The Bertz CT molecular complexity index is 535. The number of furan rings is 1. The minimum absolute atomic E-state index is 0.252. The molecule has 84 valence electrons. The minimum atomic E-state index is 0.252. The van der Waals surface area contributed by atoms with Crippen molar-refractivity contribution in [3.63, 3.8) is 0 Å². The molecule has 2 rings (SSSR count). The van der Waals surface area contributed by atoms with E-state index in [-0.39, 0.29) is 5.92 Å². The quantitative estimate of drug-likeness (QED) is 0.658. The van der Waals surface area contributed by atoms with Gasteiger partial charge < -0.3 is 4.42 Å². The smallest absolute Gasteiger partial charge is 0.216 e. The van der Waals surface area contributed by atoms with Crippen molar-refractivity contribution >= 4 is 18.4 Å². The Morgan fingerprint density at radius 1 is 1.62 bits per heavy atom. The van der Waals surface area contributed by atoms with E-state index in [0.717, 1.165) is 5.82 Å². The summed E-state index contributed by atoms with van der Waals surface area (Å²) in [6.07, 6.45) is 3.20. The van der Waals surface area contributed by atoms with Crippen molar-refractivity contribution in [2.75, 3.05) is 0 Å². The van der Waals surface area contributed by atoms with Crippen LogP contribution in [0.1, 0.15) is 31.4 Å². The summed E-state index contributed by atoms with van der Waals surface area (Å²) in [5.74, 6) is 1.73. The van der Waals surface area contributed by atoms with E-state index in [9.17, 15) is 0 Å². The van der Waals surface area contributed by atoms with Crippen LogP contribution >= 0.6 is 12.2 Å². The Morgan fingerprint density at radius 3 is 3.06 bits per heavy atom. The van der Waals surface area contributed by atoms with Crippen molar-refractivity contribution < 1.29 is 4.42 Å². The Hall–Kier alpha value is -1.69. The molecule has 0 aliphatic heterocycles. The van der Waals surface area contributed by atoms with Gasteiger partial charge in [-0.2, -0.15) is 14.9 Å². The fraction of sp³-hybridized carbons (Fsp3) is 0.300. The summed E-state index contributed by atoms with van der Waals surface area (Å²) in [4.78, 5) is 0. The van der Waals surface area contributed by atoms with Crippen LogP contribution in [0.5, 0.6) is 0 Å². The van der Waals surface area contributed by atoms with Crippen LogP contribution in [0.3, 0.4) is 0 Å². The maximum absolute atomic E-state index is 5.14. The molecular formula is C10H12N4OS. The number of nitrogens with zero attached hydrogens (tertiary/aromatic N) is 3. The summed E-state index contributed by atoms with van der Waals surface area (Å²) in [5, 5.41) is 11.1. The van der Waals surface area contributed by atoms with Crippen LogP contribution in [-0.4, -0.2) is 21.1 Å². The third-order valence-electron chi connectivity index (χ3n) is 2.04. The van der Waals surface area contributed by atoms with Gasteiger partial charge in [-0.1, -0.05) is 13.8 Å². The molecule has 0 radical (unpaired) electrons. The topological polar surface area (TPSA) is 59.1 Å². The maximum Gasteiger partial charge on any atom is 0.216 e. The molecule has 0 bridgehead atoms. The van der Waals surface area contributed by atoms with Gasteiger partial charge in [0, 0.05) is 5.92 Å². The van der Waals surface area contributed by atoms with Gasteiger partial charge in [-0.3, -0.25) is 5.10 Å². The van der Waals surface area contributed by atoms with Crippen LogP contribution < -0.4 is 0 Å². The molecule has 1 N–H and O–H groups in total. The minimum Gasteiger partial charge on any atom is -0.463 e. The summed E-state index contributed by atoms with van der Waals surface area (Å²) in [5.41, 5.74) is 0. The van der Waals surface area contributed by atoms with Crippen LogP contribution in [0.2, 0.25) is 0 Å². The zero-order valence-corrected chi connectivity index (χ0v) is 9.86. The summed E-state index contributed by atoms with van der Waals surface area (Å²) in [6.45, 7) is 4.06. The van der Waals surface area contributed by atoms with Crippen molar-refractivity contribution in [2.45, 2.75) is 19.8 Å². The Labute approximate surface area is 97.8 Å². The molecule has 16 heavy (non-hydrogen) atoms. The van der Waals surface area contributed by atoms with Gasteiger partial charge in [-0.15, -0.1) is 0 Å². The second-order valence-corrected chi connectivity index (χ2v) is 4.00. The van der Waals surface area contributed by atoms with E-state index in [1.165, 1.54) is 0 Å². The molecule has 0 amide bonds.